The maximum absolute atomic E-state index is 11.7. The fraction of sp³-hybridized carbons (Fsp3) is 0.533. The minimum absolute atomic E-state index is 0.0932. The number of amides is 1. The summed E-state index contributed by atoms with van der Waals surface area (Å²) in [4.78, 5) is 13.6. The molecule has 1 fully saturated rings. The Kier molecular flexibility index (Phi) is 4.80. The second kappa shape index (κ2) is 6.57. The quantitative estimate of drug-likeness (QED) is 0.834. The zero-order valence-electron chi connectivity index (χ0n) is 11.6. The van der Waals surface area contributed by atoms with Gasteiger partial charge >= 0.3 is 0 Å². The van der Waals surface area contributed by atoms with Crippen molar-refractivity contribution in [3.05, 3.63) is 29.8 Å². The minimum atomic E-state index is 0.0932. The topological polar surface area (TPSA) is 38.8 Å². The van der Waals surface area contributed by atoms with Crippen molar-refractivity contribution in [3.8, 4) is 5.75 Å². The van der Waals surface area contributed by atoms with Gasteiger partial charge in [0.2, 0.25) is 5.91 Å². The Morgan fingerprint density at radius 1 is 1.21 bits per heavy atom. The Morgan fingerprint density at radius 2 is 1.84 bits per heavy atom. The van der Waals surface area contributed by atoms with Gasteiger partial charge in [0.1, 0.15) is 12.4 Å². The van der Waals surface area contributed by atoms with Crippen LogP contribution in [0, 0.1) is 0 Å². The number of carbonyl (C=O) groups is 1. The van der Waals surface area contributed by atoms with E-state index in [1.165, 1.54) is 5.56 Å². The molecule has 0 aromatic heterocycles. The zero-order chi connectivity index (χ0) is 13.7. The van der Waals surface area contributed by atoms with Gasteiger partial charge in [-0.05, 0) is 36.5 Å². The molecule has 1 aromatic carbocycles. The smallest absolute Gasteiger partial charge is 0.248 e. The predicted molar refractivity (Wildman–Crippen MR) is 73.4 cm³/mol. The van der Waals surface area contributed by atoms with Crippen LogP contribution in [0.3, 0.4) is 0 Å². The van der Waals surface area contributed by atoms with E-state index in [2.05, 4.69) is 12.1 Å². The molecule has 1 aliphatic heterocycles. The first-order chi connectivity index (χ1) is 9.24. The predicted octanol–water partition coefficient (Wildman–Crippen LogP) is 2.05. The Morgan fingerprint density at radius 3 is 2.37 bits per heavy atom. The average Bonchev–Trinajstić information content (AvgIpc) is 2.48. The van der Waals surface area contributed by atoms with Crippen molar-refractivity contribution >= 4 is 5.91 Å². The molecule has 0 atom stereocenters. The first kappa shape index (κ1) is 13.9. The number of piperidine rings is 1. The van der Waals surface area contributed by atoms with E-state index >= 15 is 0 Å². The summed E-state index contributed by atoms with van der Waals surface area (Å²) in [5, 5.41) is 0. The largest absolute Gasteiger partial charge is 0.497 e. The lowest BCUT2D eigenvalue weighted by molar-refractivity contribution is -0.136. The molecule has 0 bridgehead atoms. The first-order valence-electron chi connectivity index (χ1n) is 6.65. The number of likely N-dealkylation sites (tertiary alicyclic amines) is 1. The molecule has 0 unspecified atom stereocenters. The van der Waals surface area contributed by atoms with Crippen molar-refractivity contribution in [2.45, 2.75) is 18.8 Å². The van der Waals surface area contributed by atoms with Crippen LogP contribution in [0.25, 0.3) is 0 Å². The lowest BCUT2D eigenvalue weighted by atomic mass is 9.89. The van der Waals surface area contributed by atoms with Crippen molar-refractivity contribution in [1.29, 1.82) is 0 Å². The van der Waals surface area contributed by atoms with Crippen LogP contribution < -0.4 is 4.74 Å². The summed E-state index contributed by atoms with van der Waals surface area (Å²) < 4.78 is 10.1. The summed E-state index contributed by atoms with van der Waals surface area (Å²) in [6.45, 7) is 1.82. The summed E-state index contributed by atoms with van der Waals surface area (Å²) in [5.41, 5.74) is 1.33. The molecular weight excluding hydrogens is 242 g/mol. The van der Waals surface area contributed by atoms with Gasteiger partial charge < -0.3 is 14.4 Å². The van der Waals surface area contributed by atoms with Gasteiger partial charge in [-0.2, -0.15) is 0 Å². The molecule has 0 saturated carbocycles. The number of carbonyl (C=O) groups excluding carboxylic acids is 1. The molecule has 4 heteroatoms. The van der Waals surface area contributed by atoms with Crippen LogP contribution in [0.15, 0.2) is 24.3 Å². The van der Waals surface area contributed by atoms with Gasteiger partial charge in [0.15, 0.2) is 0 Å². The highest BCUT2D eigenvalue weighted by atomic mass is 16.5. The fourth-order valence-electron chi connectivity index (χ4n) is 2.55. The molecule has 2 rings (SSSR count). The third kappa shape index (κ3) is 3.47. The SMILES string of the molecule is COCC(=O)N1CCC(c2ccc(OC)cc2)CC1. The number of benzene rings is 1. The molecule has 4 nitrogen and oxygen atoms in total. The monoisotopic (exact) mass is 263 g/mol. The van der Waals surface area contributed by atoms with Crippen LogP contribution in [-0.2, 0) is 9.53 Å². The van der Waals surface area contributed by atoms with Crippen molar-refractivity contribution in [1.82, 2.24) is 4.90 Å². The van der Waals surface area contributed by atoms with E-state index in [-0.39, 0.29) is 12.5 Å². The molecular formula is C15H21NO3. The van der Waals surface area contributed by atoms with Gasteiger partial charge in [-0.1, -0.05) is 12.1 Å². The summed E-state index contributed by atoms with van der Waals surface area (Å²) in [7, 11) is 3.23. The van der Waals surface area contributed by atoms with Crippen molar-refractivity contribution in [2.75, 3.05) is 33.9 Å². The van der Waals surface area contributed by atoms with Crippen LogP contribution in [-0.4, -0.2) is 44.7 Å². The van der Waals surface area contributed by atoms with E-state index in [1.807, 2.05) is 17.0 Å². The molecule has 1 aliphatic rings. The average molecular weight is 263 g/mol. The minimum Gasteiger partial charge on any atom is -0.497 e. The van der Waals surface area contributed by atoms with Gasteiger partial charge in [0.05, 0.1) is 7.11 Å². The summed E-state index contributed by atoms with van der Waals surface area (Å²) in [6, 6.07) is 8.24. The fourth-order valence-corrected chi connectivity index (χ4v) is 2.55. The molecule has 1 saturated heterocycles. The summed E-state index contributed by atoms with van der Waals surface area (Å²) >= 11 is 0. The highest BCUT2D eigenvalue weighted by molar-refractivity contribution is 5.77. The highest BCUT2D eigenvalue weighted by Gasteiger charge is 2.23. The van der Waals surface area contributed by atoms with Gasteiger partial charge in [-0.3, -0.25) is 4.79 Å². The Labute approximate surface area is 114 Å². The number of hydrogen-bond acceptors (Lipinski definition) is 3. The van der Waals surface area contributed by atoms with Crippen molar-refractivity contribution in [3.63, 3.8) is 0 Å². The van der Waals surface area contributed by atoms with Crippen molar-refractivity contribution in [2.24, 2.45) is 0 Å². The normalized spacial score (nSPS) is 16.4. The van der Waals surface area contributed by atoms with E-state index in [9.17, 15) is 4.79 Å². The highest BCUT2D eigenvalue weighted by Crippen LogP contribution is 2.29. The molecule has 0 spiro atoms. The maximum atomic E-state index is 11.7. The number of nitrogens with zero attached hydrogens (tertiary/aromatic N) is 1. The Hall–Kier alpha value is -1.55. The van der Waals surface area contributed by atoms with Crippen LogP contribution in [0.2, 0.25) is 0 Å². The third-order valence-corrected chi connectivity index (χ3v) is 3.70. The van der Waals surface area contributed by atoms with E-state index in [0.717, 1.165) is 31.7 Å². The second-order valence-electron chi connectivity index (χ2n) is 4.86. The van der Waals surface area contributed by atoms with E-state index < -0.39 is 0 Å². The molecule has 0 radical (unpaired) electrons. The number of rotatable bonds is 4. The molecule has 0 aliphatic carbocycles. The van der Waals surface area contributed by atoms with Crippen LogP contribution >= 0.6 is 0 Å². The van der Waals surface area contributed by atoms with Crippen molar-refractivity contribution < 1.29 is 14.3 Å². The standard InChI is InChI=1S/C15H21NO3/c1-18-11-15(17)16-9-7-13(8-10-16)12-3-5-14(19-2)6-4-12/h3-6,13H,7-11H2,1-2H3. The molecule has 19 heavy (non-hydrogen) atoms. The van der Waals surface area contributed by atoms with Gasteiger partial charge in [0, 0.05) is 20.2 Å². The summed E-state index contributed by atoms with van der Waals surface area (Å²) in [6.07, 6.45) is 2.03. The van der Waals surface area contributed by atoms with E-state index in [4.69, 9.17) is 9.47 Å². The van der Waals surface area contributed by atoms with E-state index in [1.54, 1.807) is 14.2 Å². The van der Waals surface area contributed by atoms with Gasteiger partial charge in [0.25, 0.3) is 0 Å². The Bertz CT molecular complexity index is 408. The van der Waals surface area contributed by atoms with Gasteiger partial charge in [-0.25, -0.2) is 0 Å². The molecule has 0 N–H and O–H groups in total. The van der Waals surface area contributed by atoms with Gasteiger partial charge in [-0.15, -0.1) is 0 Å². The maximum Gasteiger partial charge on any atom is 0.248 e. The lowest BCUT2D eigenvalue weighted by Crippen LogP contribution is -2.39. The lowest BCUT2D eigenvalue weighted by Gasteiger charge is -2.32. The first-order valence-corrected chi connectivity index (χ1v) is 6.65. The molecule has 1 amide bonds. The zero-order valence-corrected chi connectivity index (χ0v) is 11.6. The van der Waals surface area contributed by atoms with E-state index in [0.29, 0.717) is 5.92 Å². The molecule has 1 heterocycles. The third-order valence-electron chi connectivity index (χ3n) is 3.70. The molecule has 1 aromatic rings. The second-order valence-corrected chi connectivity index (χ2v) is 4.86. The van der Waals surface area contributed by atoms with Crippen LogP contribution in [0.1, 0.15) is 24.3 Å². The number of hydrogen-bond donors (Lipinski definition) is 0. The number of ether oxygens (including phenoxy) is 2. The van der Waals surface area contributed by atoms with Crippen LogP contribution in [0.4, 0.5) is 0 Å². The molecule has 104 valence electrons. The summed E-state index contributed by atoms with van der Waals surface area (Å²) in [5.74, 6) is 1.52. The van der Waals surface area contributed by atoms with Crippen LogP contribution in [0.5, 0.6) is 5.75 Å². The Balaban J connectivity index is 1.90. The number of methoxy groups -OCH3 is 2.